The summed E-state index contributed by atoms with van der Waals surface area (Å²) in [6.45, 7) is 0.465. The zero-order valence-corrected chi connectivity index (χ0v) is 13.3. The minimum atomic E-state index is -0.265. The molecular formula is C17H18ClN3O2. The summed E-state index contributed by atoms with van der Waals surface area (Å²) in [5, 5.41) is 5.89. The average molecular weight is 332 g/mol. The first-order valence-electron chi connectivity index (χ1n) is 7.26. The number of carbonyl (C=O) groups excluding carboxylic acids is 2. The van der Waals surface area contributed by atoms with Crippen LogP contribution in [0.25, 0.3) is 0 Å². The van der Waals surface area contributed by atoms with Gasteiger partial charge in [-0.3, -0.25) is 9.59 Å². The molecule has 2 rings (SSSR count). The lowest BCUT2D eigenvalue weighted by atomic mass is 10.2. The maximum Gasteiger partial charge on any atom is 0.255 e. The highest BCUT2D eigenvalue weighted by Gasteiger charge is 2.10. The van der Waals surface area contributed by atoms with Crippen LogP contribution < -0.4 is 16.4 Å². The highest BCUT2D eigenvalue weighted by atomic mass is 35.5. The molecule has 0 atom stereocenters. The van der Waals surface area contributed by atoms with E-state index in [9.17, 15) is 9.59 Å². The van der Waals surface area contributed by atoms with E-state index in [0.717, 1.165) is 0 Å². The van der Waals surface area contributed by atoms with Crippen molar-refractivity contribution in [3.05, 3.63) is 59.1 Å². The Hall–Kier alpha value is -2.37. The normalized spacial score (nSPS) is 10.2. The number of carbonyl (C=O) groups is 2. The number of hydrogen-bond donors (Lipinski definition) is 3. The highest BCUT2D eigenvalue weighted by Crippen LogP contribution is 2.26. The molecule has 0 spiro atoms. The summed E-state index contributed by atoms with van der Waals surface area (Å²) in [4.78, 5) is 23.9. The molecule has 2 aromatic carbocycles. The Morgan fingerprint density at radius 1 is 1.04 bits per heavy atom. The standard InChI is InChI=1S/C17H18ClN3O2/c18-14-9-8-13(20-16(22)7-4-10-19)11-15(14)21-17(23)12-5-2-1-3-6-12/h1-3,5-6,8-9,11H,4,7,10,19H2,(H,20,22)(H,21,23). The Balaban J connectivity index is 2.08. The molecule has 2 aromatic rings. The van der Waals surface area contributed by atoms with E-state index in [4.69, 9.17) is 17.3 Å². The molecule has 2 amide bonds. The predicted octanol–water partition coefficient (Wildman–Crippen LogP) is 3.27. The van der Waals surface area contributed by atoms with Gasteiger partial charge in [0.15, 0.2) is 0 Å². The van der Waals surface area contributed by atoms with Gasteiger partial charge in [0.05, 0.1) is 10.7 Å². The summed E-state index contributed by atoms with van der Waals surface area (Å²) in [6.07, 6.45) is 0.974. The largest absolute Gasteiger partial charge is 0.330 e. The first kappa shape index (κ1) is 17.0. The van der Waals surface area contributed by atoms with E-state index in [-0.39, 0.29) is 11.8 Å². The van der Waals surface area contributed by atoms with Gasteiger partial charge in [0.1, 0.15) is 0 Å². The van der Waals surface area contributed by atoms with Crippen LogP contribution in [0.15, 0.2) is 48.5 Å². The summed E-state index contributed by atoms with van der Waals surface area (Å²) in [5.74, 6) is -0.391. The second-order valence-electron chi connectivity index (χ2n) is 4.96. The number of nitrogens with one attached hydrogen (secondary N) is 2. The van der Waals surface area contributed by atoms with Crippen LogP contribution in [-0.4, -0.2) is 18.4 Å². The van der Waals surface area contributed by atoms with E-state index >= 15 is 0 Å². The molecule has 0 aliphatic heterocycles. The molecule has 6 heteroatoms. The van der Waals surface area contributed by atoms with E-state index in [0.29, 0.717) is 41.3 Å². The molecule has 0 aliphatic carbocycles. The molecule has 0 aromatic heterocycles. The lowest BCUT2D eigenvalue weighted by Crippen LogP contribution is -2.15. The number of amides is 2. The minimum Gasteiger partial charge on any atom is -0.330 e. The van der Waals surface area contributed by atoms with Gasteiger partial charge in [0.25, 0.3) is 5.91 Å². The Morgan fingerprint density at radius 3 is 2.48 bits per heavy atom. The monoisotopic (exact) mass is 331 g/mol. The van der Waals surface area contributed by atoms with Crippen molar-refractivity contribution in [3.63, 3.8) is 0 Å². The van der Waals surface area contributed by atoms with Crippen molar-refractivity contribution >= 4 is 34.8 Å². The van der Waals surface area contributed by atoms with E-state index in [2.05, 4.69) is 10.6 Å². The SMILES string of the molecule is NCCCC(=O)Nc1ccc(Cl)c(NC(=O)c2ccccc2)c1. The Labute approximate surface area is 139 Å². The number of hydrogen-bond acceptors (Lipinski definition) is 3. The van der Waals surface area contributed by atoms with Gasteiger partial charge in [-0.25, -0.2) is 0 Å². The van der Waals surface area contributed by atoms with Gasteiger partial charge in [-0.15, -0.1) is 0 Å². The Morgan fingerprint density at radius 2 is 1.78 bits per heavy atom. The van der Waals surface area contributed by atoms with Crippen LogP contribution in [-0.2, 0) is 4.79 Å². The summed E-state index contributed by atoms with van der Waals surface area (Å²) < 4.78 is 0. The summed E-state index contributed by atoms with van der Waals surface area (Å²) in [5.41, 5.74) is 6.92. The van der Waals surface area contributed by atoms with Crippen LogP contribution in [0.1, 0.15) is 23.2 Å². The molecule has 0 fully saturated rings. The summed E-state index contributed by atoms with van der Waals surface area (Å²) >= 11 is 6.10. The molecule has 0 aliphatic rings. The third kappa shape index (κ3) is 5.09. The second-order valence-corrected chi connectivity index (χ2v) is 5.36. The first-order chi connectivity index (χ1) is 11.1. The molecule has 0 saturated carbocycles. The van der Waals surface area contributed by atoms with Crippen LogP contribution >= 0.6 is 11.6 Å². The molecule has 4 N–H and O–H groups in total. The predicted molar refractivity (Wildman–Crippen MR) is 92.8 cm³/mol. The third-order valence-corrected chi connectivity index (χ3v) is 3.47. The van der Waals surface area contributed by atoms with Gasteiger partial charge in [-0.2, -0.15) is 0 Å². The fourth-order valence-corrected chi connectivity index (χ4v) is 2.13. The van der Waals surface area contributed by atoms with Crippen molar-refractivity contribution in [2.45, 2.75) is 12.8 Å². The first-order valence-corrected chi connectivity index (χ1v) is 7.64. The number of benzene rings is 2. The molecule has 5 nitrogen and oxygen atoms in total. The van der Waals surface area contributed by atoms with E-state index < -0.39 is 0 Å². The number of rotatable bonds is 6. The van der Waals surface area contributed by atoms with Crippen molar-refractivity contribution in [2.75, 3.05) is 17.2 Å². The van der Waals surface area contributed by atoms with Gasteiger partial charge in [0.2, 0.25) is 5.91 Å². The van der Waals surface area contributed by atoms with Crippen LogP contribution in [0, 0.1) is 0 Å². The smallest absolute Gasteiger partial charge is 0.255 e. The van der Waals surface area contributed by atoms with Crippen molar-refractivity contribution in [2.24, 2.45) is 5.73 Å². The molecule has 23 heavy (non-hydrogen) atoms. The maximum absolute atomic E-state index is 12.2. The summed E-state index contributed by atoms with van der Waals surface area (Å²) in [6, 6.07) is 13.8. The fourth-order valence-electron chi connectivity index (χ4n) is 1.97. The molecular weight excluding hydrogens is 314 g/mol. The number of anilines is 2. The topological polar surface area (TPSA) is 84.2 Å². The molecule has 0 saturated heterocycles. The van der Waals surface area contributed by atoms with Crippen LogP contribution in [0.2, 0.25) is 5.02 Å². The van der Waals surface area contributed by atoms with Crippen LogP contribution in [0.5, 0.6) is 0 Å². The lowest BCUT2D eigenvalue weighted by molar-refractivity contribution is -0.116. The number of nitrogens with two attached hydrogens (primary N) is 1. The van der Waals surface area contributed by atoms with Crippen molar-refractivity contribution < 1.29 is 9.59 Å². The van der Waals surface area contributed by atoms with Gasteiger partial charge in [-0.1, -0.05) is 29.8 Å². The molecule has 120 valence electrons. The maximum atomic E-state index is 12.2. The van der Waals surface area contributed by atoms with Crippen LogP contribution in [0.3, 0.4) is 0 Å². The minimum absolute atomic E-state index is 0.127. The summed E-state index contributed by atoms with van der Waals surface area (Å²) in [7, 11) is 0. The Bertz CT molecular complexity index is 689. The zero-order valence-electron chi connectivity index (χ0n) is 12.5. The molecule has 0 heterocycles. The van der Waals surface area contributed by atoms with Gasteiger partial charge >= 0.3 is 0 Å². The third-order valence-electron chi connectivity index (χ3n) is 3.14. The zero-order chi connectivity index (χ0) is 16.7. The lowest BCUT2D eigenvalue weighted by Gasteiger charge is -2.10. The quantitative estimate of drug-likeness (QED) is 0.759. The second kappa shape index (κ2) is 8.31. The van der Waals surface area contributed by atoms with E-state index in [1.54, 1.807) is 42.5 Å². The molecule has 0 bridgehead atoms. The van der Waals surface area contributed by atoms with Gasteiger partial charge in [0, 0.05) is 17.7 Å². The molecule has 0 unspecified atom stereocenters. The van der Waals surface area contributed by atoms with E-state index in [1.165, 1.54) is 0 Å². The fraction of sp³-hybridized carbons (Fsp3) is 0.176. The van der Waals surface area contributed by atoms with Crippen molar-refractivity contribution in [3.8, 4) is 0 Å². The Kier molecular flexibility index (Phi) is 6.14. The number of halogens is 1. The van der Waals surface area contributed by atoms with Crippen molar-refractivity contribution in [1.29, 1.82) is 0 Å². The van der Waals surface area contributed by atoms with Gasteiger partial charge < -0.3 is 16.4 Å². The van der Waals surface area contributed by atoms with Crippen LogP contribution in [0.4, 0.5) is 11.4 Å². The molecule has 0 radical (unpaired) electrons. The highest BCUT2D eigenvalue weighted by molar-refractivity contribution is 6.34. The van der Waals surface area contributed by atoms with Gasteiger partial charge in [-0.05, 0) is 43.3 Å². The average Bonchev–Trinajstić information content (AvgIpc) is 2.56. The van der Waals surface area contributed by atoms with Crippen molar-refractivity contribution in [1.82, 2.24) is 0 Å². The van der Waals surface area contributed by atoms with E-state index in [1.807, 2.05) is 6.07 Å².